The molecule has 7 nitrogen and oxygen atoms in total. The van der Waals surface area contributed by atoms with Crippen molar-refractivity contribution in [3.8, 4) is 11.5 Å². The van der Waals surface area contributed by atoms with Gasteiger partial charge in [-0.05, 0) is 98.0 Å². The zero-order chi connectivity index (χ0) is 30.0. The van der Waals surface area contributed by atoms with Crippen LogP contribution in [-0.4, -0.2) is 24.3 Å². The first-order chi connectivity index (χ1) is 20.2. The number of halogens is 1. The van der Waals surface area contributed by atoms with E-state index in [1.807, 2.05) is 80.6 Å². The number of thiazole rings is 1. The van der Waals surface area contributed by atoms with Gasteiger partial charge in [-0.2, -0.15) is 0 Å². The van der Waals surface area contributed by atoms with Gasteiger partial charge in [-0.15, -0.1) is 0 Å². The van der Waals surface area contributed by atoms with Crippen molar-refractivity contribution < 1.29 is 19.0 Å². The van der Waals surface area contributed by atoms with Crippen molar-refractivity contribution in [3.05, 3.63) is 124 Å². The maximum absolute atomic E-state index is 13.9. The number of carbonyl (C=O) groups excluding carboxylic acids is 1. The van der Waals surface area contributed by atoms with E-state index in [-0.39, 0.29) is 12.2 Å². The molecule has 0 bridgehead atoms. The number of esters is 1. The summed E-state index contributed by atoms with van der Waals surface area (Å²) < 4.78 is 18.9. The number of hydrogen-bond donors (Lipinski definition) is 0. The average Bonchev–Trinajstić information content (AvgIpc) is 3.26. The second-order valence-corrected chi connectivity index (χ2v) is 11.4. The van der Waals surface area contributed by atoms with Crippen LogP contribution in [0.15, 0.2) is 81.7 Å². The number of allylic oxidation sites excluding steroid dienone is 1. The summed E-state index contributed by atoms with van der Waals surface area (Å²) in [6.07, 6.45) is 1.86. The van der Waals surface area contributed by atoms with Gasteiger partial charge in [-0.3, -0.25) is 9.36 Å². The van der Waals surface area contributed by atoms with E-state index in [1.54, 1.807) is 25.5 Å². The number of rotatable bonds is 8. The Morgan fingerprint density at radius 3 is 2.33 bits per heavy atom. The Morgan fingerprint density at radius 2 is 1.71 bits per heavy atom. The minimum atomic E-state index is -0.680. The van der Waals surface area contributed by atoms with Crippen LogP contribution in [0, 0.1) is 13.8 Å². The van der Waals surface area contributed by atoms with E-state index in [0.29, 0.717) is 38.0 Å². The highest BCUT2D eigenvalue weighted by Gasteiger charge is 2.33. The van der Waals surface area contributed by atoms with Gasteiger partial charge in [0, 0.05) is 5.02 Å². The van der Waals surface area contributed by atoms with Gasteiger partial charge in [0.1, 0.15) is 18.1 Å². The first kappa shape index (κ1) is 29.4. The summed E-state index contributed by atoms with van der Waals surface area (Å²) in [7, 11) is 1.59. The van der Waals surface area contributed by atoms with Crippen molar-refractivity contribution in [1.29, 1.82) is 0 Å². The van der Waals surface area contributed by atoms with Crippen LogP contribution >= 0.6 is 22.9 Å². The fourth-order valence-electron chi connectivity index (χ4n) is 5.08. The van der Waals surface area contributed by atoms with Gasteiger partial charge < -0.3 is 14.2 Å². The number of aryl methyl sites for hydroxylation is 2. The Labute approximate surface area is 253 Å². The van der Waals surface area contributed by atoms with Crippen LogP contribution in [0.1, 0.15) is 47.7 Å². The predicted molar refractivity (Wildman–Crippen MR) is 165 cm³/mol. The summed E-state index contributed by atoms with van der Waals surface area (Å²) in [4.78, 5) is 32.2. The molecule has 1 aliphatic rings. The van der Waals surface area contributed by atoms with Crippen LogP contribution in [0.5, 0.6) is 11.5 Å². The summed E-state index contributed by atoms with van der Waals surface area (Å²) in [5, 5.41) is 0.684. The van der Waals surface area contributed by atoms with Gasteiger partial charge in [-0.1, -0.05) is 47.2 Å². The molecule has 1 atom stereocenters. The van der Waals surface area contributed by atoms with Crippen molar-refractivity contribution in [2.75, 3.05) is 13.7 Å². The van der Waals surface area contributed by atoms with Gasteiger partial charge in [0.15, 0.2) is 4.80 Å². The minimum Gasteiger partial charge on any atom is -0.497 e. The van der Waals surface area contributed by atoms with Crippen LogP contribution in [0.25, 0.3) is 6.08 Å². The summed E-state index contributed by atoms with van der Waals surface area (Å²) in [6, 6.07) is 18.2. The Kier molecular flexibility index (Phi) is 8.66. The lowest BCUT2D eigenvalue weighted by Gasteiger charge is -2.24. The molecule has 0 aliphatic carbocycles. The third kappa shape index (κ3) is 5.91. The SMILES string of the molecule is CCOC(=O)C1=C(C)N=c2s/c(=C\c3cc(C)c(OCc4ccc(Cl)cc4)c(C)c3)c(=O)n2[C@H]1c1ccc(OC)cc1. The van der Waals surface area contributed by atoms with E-state index in [1.165, 1.54) is 11.3 Å². The van der Waals surface area contributed by atoms with Crippen LogP contribution in [0.4, 0.5) is 0 Å². The highest BCUT2D eigenvalue weighted by molar-refractivity contribution is 7.07. The Hall–Kier alpha value is -4.14. The van der Waals surface area contributed by atoms with Gasteiger partial charge in [-0.25, -0.2) is 9.79 Å². The topological polar surface area (TPSA) is 79.1 Å². The molecule has 0 unspecified atom stereocenters. The van der Waals surface area contributed by atoms with E-state index in [4.69, 9.17) is 25.8 Å². The van der Waals surface area contributed by atoms with Crippen molar-refractivity contribution in [3.63, 3.8) is 0 Å². The van der Waals surface area contributed by atoms with Crippen LogP contribution in [-0.2, 0) is 16.1 Å². The molecule has 1 aliphatic heterocycles. The molecule has 0 saturated heterocycles. The number of methoxy groups -OCH3 is 1. The van der Waals surface area contributed by atoms with E-state index >= 15 is 0 Å². The number of fused-ring (bicyclic) bond motifs is 1. The summed E-state index contributed by atoms with van der Waals surface area (Å²) in [5.74, 6) is 0.989. The Balaban J connectivity index is 1.54. The van der Waals surface area contributed by atoms with E-state index in [9.17, 15) is 9.59 Å². The first-order valence-electron chi connectivity index (χ1n) is 13.5. The molecule has 216 valence electrons. The summed E-state index contributed by atoms with van der Waals surface area (Å²) >= 11 is 7.29. The molecule has 3 aromatic carbocycles. The lowest BCUT2D eigenvalue weighted by atomic mass is 9.96. The monoisotopic (exact) mass is 602 g/mol. The molecule has 0 radical (unpaired) electrons. The fourth-order valence-corrected chi connectivity index (χ4v) is 6.25. The standard InChI is InChI=1S/C33H31ClN2O5S/c1-6-40-32(38)28-21(4)35-33-36(29(28)24-9-13-26(39-5)14-10-24)31(37)27(42-33)17-23-15-19(2)30(20(3)16-23)41-18-22-7-11-25(34)12-8-22/h7-17,29H,6,18H2,1-5H3/b27-17-/t29-/m0/s1. The van der Waals surface area contributed by atoms with Crippen molar-refractivity contribution in [1.82, 2.24) is 4.57 Å². The maximum Gasteiger partial charge on any atom is 0.338 e. The molecule has 0 fully saturated rings. The zero-order valence-corrected chi connectivity index (χ0v) is 25.6. The third-order valence-corrected chi connectivity index (χ3v) is 8.26. The van der Waals surface area contributed by atoms with Crippen LogP contribution in [0.2, 0.25) is 5.02 Å². The number of nitrogens with zero attached hydrogens (tertiary/aromatic N) is 2. The lowest BCUT2D eigenvalue weighted by molar-refractivity contribution is -0.139. The van der Waals surface area contributed by atoms with Crippen molar-refractivity contribution in [2.24, 2.45) is 4.99 Å². The van der Waals surface area contributed by atoms with Crippen LogP contribution < -0.4 is 24.4 Å². The molecule has 1 aromatic heterocycles. The first-order valence-corrected chi connectivity index (χ1v) is 14.7. The number of benzene rings is 3. The van der Waals surface area contributed by atoms with E-state index in [2.05, 4.69) is 4.99 Å². The van der Waals surface area contributed by atoms with Gasteiger partial charge in [0.2, 0.25) is 0 Å². The lowest BCUT2D eigenvalue weighted by Crippen LogP contribution is -2.39. The molecule has 2 heterocycles. The highest BCUT2D eigenvalue weighted by Crippen LogP contribution is 2.32. The number of aromatic nitrogens is 1. The summed E-state index contributed by atoms with van der Waals surface area (Å²) in [5.41, 5.74) is 5.20. The van der Waals surface area contributed by atoms with Crippen molar-refractivity contribution in [2.45, 2.75) is 40.3 Å². The maximum atomic E-state index is 13.9. The fraction of sp³-hybridized carbons (Fsp3) is 0.242. The molecule has 0 saturated carbocycles. The largest absolute Gasteiger partial charge is 0.497 e. The average molecular weight is 603 g/mol. The normalized spacial score (nSPS) is 14.8. The quantitative estimate of drug-likeness (QED) is 0.243. The van der Waals surface area contributed by atoms with Crippen molar-refractivity contribution >= 4 is 35.0 Å². The van der Waals surface area contributed by atoms with Gasteiger partial charge in [0.25, 0.3) is 5.56 Å². The number of hydrogen-bond acceptors (Lipinski definition) is 7. The molecule has 0 amide bonds. The molecule has 9 heteroatoms. The summed E-state index contributed by atoms with van der Waals surface area (Å²) in [6.45, 7) is 8.14. The predicted octanol–water partition coefficient (Wildman–Crippen LogP) is 5.66. The Morgan fingerprint density at radius 1 is 1.05 bits per heavy atom. The molecule has 0 spiro atoms. The Bertz CT molecular complexity index is 1830. The van der Waals surface area contributed by atoms with Crippen LogP contribution in [0.3, 0.4) is 0 Å². The highest BCUT2D eigenvalue weighted by atomic mass is 35.5. The molecular formula is C33H31ClN2O5S. The van der Waals surface area contributed by atoms with Gasteiger partial charge >= 0.3 is 5.97 Å². The number of carbonyl (C=O) groups is 1. The molecular weight excluding hydrogens is 572 g/mol. The molecule has 4 aromatic rings. The van der Waals surface area contributed by atoms with E-state index in [0.717, 1.165) is 33.6 Å². The molecule has 42 heavy (non-hydrogen) atoms. The minimum absolute atomic E-state index is 0.216. The smallest absolute Gasteiger partial charge is 0.338 e. The van der Waals surface area contributed by atoms with E-state index < -0.39 is 12.0 Å². The second-order valence-electron chi connectivity index (χ2n) is 9.97. The second kappa shape index (κ2) is 12.4. The van der Waals surface area contributed by atoms with Gasteiger partial charge in [0.05, 0.1) is 35.6 Å². The third-order valence-electron chi connectivity index (χ3n) is 7.03. The molecule has 0 N–H and O–H groups in total. The number of ether oxygens (including phenoxy) is 3. The zero-order valence-electron chi connectivity index (χ0n) is 24.1. The molecule has 5 rings (SSSR count).